The van der Waals surface area contributed by atoms with Crippen LogP contribution < -0.4 is 10.6 Å². The molecule has 0 bridgehead atoms. The number of rotatable bonds is 15. The first kappa shape index (κ1) is 32.8. The van der Waals surface area contributed by atoms with E-state index in [2.05, 4.69) is 20.6 Å². The average molecular weight is 582 g/mol. The minimum absolute atomic E-state index is 0.0211. The van der Waals surface area contributed by atoms with Crippen molar-refractivity contribution in [1.29, 1.82) is 0 Å². The van der Waals surface area contributed by atoms with Crippen molar-refractivity contribution in [3.63, 3.8) is 0 Å². The van der Waals surface area contributed by atoms with Crippen LogP contribution in [0.2, 0.25) is 0 Å². The number of aryl methyl sites for hydroxylation is 2. The smallest absolute Gasteiger partial charge is 0.253 e. The van der Waals surface area contributed by atoms with Gasteiger partial charge in [-0.25, -0.2) is 8.78 Å². The Hall–Kier alpha value is -3.76. The molecule has 0 saturated heterocycles. The number of amides is 2. The zero-order valence-corrected chi connectivity index (χ0v) is 24.8. The Morgan fingerprint density at radius 3 is 2.21 bits per heavy atom. The zero-order valence-electron chi connectivity index (χ0n) is 24.8. The highest BCUT2D eigenvalue weighted by Gasteiger charge is 2.24. The molecule has 3 rings (SSSR count). The van der Waals surface area contributed by atoms with Crippen LogP contribution in [0.4, 0.5) is 8.78 Å². The summed E-state index contributed by atoms with van der Waals surface area (Å²) in [4.78, 5) is 37.1. The van der Waals surface area contributed by atoms with E-state index < -0.39 is 29.7 Å². The monoisotopic (exact) mass is 581 g/mol. The van der Waals surface area contributed by atoms with Crippen molar-refractivity contribution < 1.29 is 23.5 Å². The van der Waals surface area contributed by atoms with Gasteiger partial charge >= 0.3 is 0 Å². The number of nitrogens with zero attached hydrogens (tertiary/aromatic N) is 3. The lowest BCUT2D eigenvalue weighted by Crippen LogP contribution is -2.48. The van der Waals surface area contributed by atoms with Gasteiger partial charge in [0.05, 0.1) is 23.5 Å². The van der Waals surface area contributed by atoms with E-state index >= 15 is 0 Å². The van der Waals surface area contributed by atoms with Crippen LogP contribution in [0, 0.1) is 18.6 Å². The maximum absolute atomic E-state index is 13.9. The molecule has 42 heavy (non-hydrogen) atoms. The number of carbonyl (C=O) groups excluding carboxylic acids is 2. The van der Waals surface area contributed by atoms with Gasteiger partial charge in [0.25, 0.3) is 11.8 Å². The van der Waals surface area contributed by atoms with Crippen LogP contribution in [0.5, 0.6) is 0 Å². The first-order chi connectivity index (χ1) is 20.1. The van der Waals surface area contributed by atoms with E-state index in [9.17, 15) is 23.5 Å². The summed E-state index contributed by atoms with van der Waals surface area (Å²) in [5.41, 5.74) is 3.23. The summed E-state index contributed by atoms with van der Waals surface area (Å²) in [6, 6.07) is 7.19. The van der Waals surface area contributed by atoms with Crippen molar-refractivity contribution in [3.8, 4) is 0 Å². The number of benzene rings is 2. The molecule has 226 valence electrons. The Balaban J connectivity index is 1.80. The lowest BCUT2D eigenvalue weighted by atomic mass is 9.99. The standard InChI is InChI=1S/C32H41F2N5O3/c1-5-8-39(9-6-2)32(42)24-11-21(4)10-23(15-24)31(41)38-29(14-22-12-25(33)16-26(34)13-22)30(40)20-36-19-28-18-35-17-27(7-3)37-28/h10-13,15-18,29-30,36,40H,5-9,14,19-20H2,1-4H3,(H,38,41)/t29-,30+/m0/s1. The second kappa shape index (κ2) is 16.0. The second-order valence-electron chi connectivity index (χ2n) is 10.5. The molecule has 2 atom stereocenters. The third kappa shape index (κ3) is 9.66. The first-order valence-corrected chi connectivity index (χ1v) is 14.5. The van der Waals surface area contributed by atoms with Crippen LogP contribution in [-0.4, -0.2) is 63.6 Å². The van der Waals surface area contributed by atoms with E-state index in [0.29, 0.717) is 30.9 Å². The lowest BCUT2D eigenvalue weighted by Gasteiger charge is -2.25. The van der Waals surface area contributed by atoms with Gasteiger partial charge in [-0.05, 0) is 74.1 Å². The fraction of sp³-hybridized carbons (Fsp3) is 0.438. The van der Waals surface area contributed by atoms with Gasteiger partial charge in [0.15, 0.2) is 0 Å². The highest BCUT2D eigenvalue weighted by Crippen LogP contribution is 2.16. The van der Waals surface area contributed by atoms with E-state index in [1.165, 1.54) is 12.1 Å². The van der Waals surface area contributed by atoms with Gasteiger partial charge in [-0.3, -0.25) is 19.6 Å². The molecule has 3 N–H and O–H groups in total. The molecular formula is C32H41F2N5O3. The molecule has 0 spiro atoms. The summed E-state index contributed by atoms with van der Waals surface area (Å²) in [5.74, 6) is -2.15. The van der Waals surface area contributed by atoms with Gasteiger partial charge < -0.3 is 20.6 Å². The number of aliphatic hydroxyl groups is 1. The van der Waals surface area contributed by atoms with E-state index in [-0.39, 0.29) is 30.0 Å². The molecule has 0 aliphatic carbocycles. The molecular weight excluding hydrogens is 540 g/mol. The molecule has 0 unspecified atom stereocenters. The summed E-state index contributed by atoms with van der Waals surface area (Å²) < 4.78 is 27.9. The van der Waals surface area contributed by atoms with Crippen molar-refractivity contribution in [1.82, 2.24) is 25.5 Å². The van der Waals surface area contributed by atoms with Crippen molar-refractivity contribution in [3.05, 3.63) is 94.1 Å². The number of aromatic nitrogens is 2. The SMILES string of the molecule is CCCN(CCC)C(=O)c1cc(C)cc(C(=O)N[C@@H](Cc2cc(F)cc(F)c2)[C@H](O)CNCc2cncc(CC)n2)c1. The first-order valence-electron chi connectivity index (χ1n) is 14.5. The summed E-state index contributed by atoms with van der Waals surface area (Å²) in [5, 5.41) is 17.1. The van der Waals surface area contributed by atoms with Crippen LogP contribution in [0.25, 0.3) is 0 Å². The average Bonchev–Trinajstić information content (AvgIpc) is 2.95. The highest BCUT2D eigenvalue weighted by atomic mass is 19.1. The van der Waals surface area contributed by atoms with Crippen LogP contribution in [0.1, 0.15) is 76.8 Å². The van der Waals surface area contributed by atoms with Crippen LogP contribution >= 0.6 is 0 Å². The largest absolute Gasteiger partial charge is 0.390 e. The maximum atomic E-state index is 13.9. The number of nitrogens with one attached hydrogen (secondary N) is 2. The normalized spacial score (nSPS) is 12.5. The Morgan fingerprint density at radius 1 is 0.929 bits per heavy atom. The summed E-state index contributed by atoms with van der Waals surface area (Å²) in [7, 11) is 0. The van der Waals surface area contributed by atoms with Gasteiger partial charge in [-0.15, -0.1) is 0 Å². The van der Waals surface area contributed by atoms with E-state index in [1.807, 2.05) is 20.8 Å². The molecule has 2 amide bonds. The highest BCUT2D eigenvalue weighted by molar-refractivity contribution is 6.00. The van der Waals surface area contributed by atoms with E-state index in [1.54, 1.807) is 42.4 Å². The zero-order chi connectivity index (χ0) is 30.6. The number of carbonyl (C=O) groups is 2. The molecule has 10 heteroatoms. The summed E-state index contributed by atoms with van der Waals surface area (Å²) in [6.07, 6.45) is 4.56. The predicted octanol–water partition coefficient (Wildman–Crippen LogP) is 4.38. The van der Waals surface area contributed by atoms with Crippen molar-refractivity contribution in [2.75, 3.05) is 19.6 Å². The van der Waals surface area contributed by atoms with Crippen molar-refractivity contribution >= 4 is 11.8 Å². The number of hydrogen-bond donors (Lipinski definition) is 3. The Labute approximate surface area is 246 Å². The Morgan fingerprint density at radius 2 is 1.57 bits per heavy atom. The second-order valence-corrected chi connectivity index (χ2v) is 10.5. The van der Waals surface area contributed by atoms with Gasteiger partial charge in [-0.2, -0.15) is 0 Å². The van der Waals surface area contributed by atoms with Gasteiger partial charge in [0.1, 0.15) is 11.6 Å². The van der Waals surface area contributed by atoms with Gasteiger partial charge in [0, 0.05) is 55.8 Å². The Kier molecular flexibility index (Phi) is 12.5. The van der Waals surface area contributed by atoms with Crippen LogP contribution in [0.15, 0.2) is 48.8 Å². The maximum Gasteiger partial charge on any atom is 0.253 e. The number of hydrogen-bond acceptors (Lipinski definition) is 6. The minimum Gasteiger partial charge on any atom is -0.390 e. The molecule has 1 heterocycles. The van der Waals surface area contributed by atoms with E-state index in [0.717, 1.165) is 36.6 Å². The fourth-order valence-corrected chi connectivity index (χ4v) is 4.79. The third-order valence-electron chi connectivity index (χ3n) is 6.78. The van der Waals surface area contributed by atoms with Crippen LogP contribution in [-0.2, 0) is 19.4 Å². The molecule has 8 nitrogen and oxygen atoms in total. The minimum atomic E-state index is -1.11. The van der Waals surface area contributed by atoms with Crippen molar-refractivity contribution in [2.45, 2.75) is 72.1 Å². The quantitative estimate of drug-likeness (QED) is 0.246. The number of aliphatic hydroxyl groups excluding tert-OH is 1. The molecule has 0 aliphatic rings. The molecule has 0 radical (unpaired) electrons. The predicted molar refractivity (Wildman–Crippen MR) is 158 cm³/mol. The molecule has 2 aromatic carbocycles. The molecule has 0 saturated carbocycles. The molecule has 0 aliphatic heterocycles. The topological polar surface area (TPSA) is 107 Å². The van der Waals surface area contributed by atoms with Gasteiger partial charge in [0.2, 0.25) is 0 Å². The lowest BCUT2D eigenvalue weighted by molar-refractivity contribution is 0.0755. The molecule has 0 fully saturated rings. The molecule has 1 aromatic heterocycles. The summed E-state index contributed by atoms with van der Waals surface area (Å²) >= 11 is 0. The molecule has 3 aromatic rings. The van der Waals surface area contributed by atoms with Gasteiger partial charge in [-0.1, -0.05) is 20.8 Å². The Bertz CT molecular complexity index is 1330. The fourth-order valence-electron chi connectivity index (χ4n) is 4.79. The third-order valence-corrected chi connectivity index (χ3v) is 6.78. The van der Waals surface area contributed by atoms with E-state index in [4.69, 9.17) is 0 Å². The summed E-state index contributed by atoms with van der Waals surface area (Å²) in [6.45, 7) is 9.43. The van der Waals surface area contributed by atoms with Crippen molar-refractivity contribution in [2.24, 2.45) is 0 Å². The van der Waals surface area contributed by atoms with Crippen LogP contribution in [0.3, 0.4) is 0 Å². The number of halogens is 2.